The highest BCUT2D eigenvalue weighted by atomic mass is 19.4. The van der Waals surface area contributed by atoms with E-state index < -0.39 is 24.6 Å². The van der Waals surface area contributed by atoms with Gasteiger partial charge in [-0.05, 0) is 60.2 Å². The molecule has 39 heavy (non-hydrogen) atoms. The van der Waals surface area contributed by atoms with Crippen LogP contribution >= 0.6 is 0 Å². The first kappa shape index (κ1) is 27.5. The van der Waals surface area contributed by atoms with Gasteiger partial charge in [-0.1, -0.05) is 13.0 Å². The number of hydrogen-bond donors (Lipinski definition) is 2. The first-order valence-corrected chi connectivity index (χ1v) is 13.6. The number of aromatic nitrogens is 1. The van der Waals surface area contributed by atoms with Crippen molar-refractivity contribution in [3.05, 3.63) is 35.9 Å². The number of carbonyl (C=O) groups is 1. The van der Waals surface area contributed by atoms with Crippen LogP contribution in [-0.4, -0.2) is 85.8 Å². The molecule has 0 saturated carbocycles. The minimum atomic E-state index is -4.22. The van der Waals surface area contributed by atoms with Crippen LogP contribution in [0.2, 0.25) is 0 Å². The minimum Gasteiger partial charge on any atom is -0.391 e. The summed E-state index contributed by atoms with van der Waals surface area (Å²) in [5, 5.41) is 13.2. The zero-order valence-corrected chi connectivity index (χ0v) is 22.4. The highest BCUT2D eigenvalue weighted by molar-refractivity contribution is 5.91. The molecule has 5 rings (SSSR count). The van der Waals surface area contributed by atoms with E-state index in [1.54, 1.807) is 0 Å². The minimum absolute atomic E-state index is 0.0980. The van der Waals surface area contributed by atoms with Gasteiger partial charge < -0.3 is 29.9 Å². The lowest BCUT2D eigenvalue weighted by atomic mass is 10.00. The zero-order chi connectivity index (χ0) is 27.7. The summed E-state index contributed by atoms with van der Waals surface area (Å²) in [5.74, 6) is 1.20. The van der Waals surface area contributed by atoms with Crippen LogP contribution in [0.1, 0.15) is 25.3 Å². The highest BCUT2D eigenvalue weighted by Gasteiger charge is 2.36. The lowest BCUT2D eigenvalue weighted by Gasteiger charge is -2.29. The fourth-order valence-corrected chi connectivity index (χ4v) is 5.63. The van der Waals surface area contributed by atoms with Crippen LogP contribution in [0.25, 0.3) is 11.1 Å². The van der Waals surface area contributed by atoms with Gasteiger partial charge in [-0.3, -0.25) is 0 Å². The summed E-state index contributed by atoms with van der Waals surface area (Å²) in [6, 6.07) is 9.31. The van der Waals surface area contributed by atoms with Crippen molar-refractivity contribution in [3.8, 4) is 11.1 Å². The molecule has 2 amide bonds. The second-order valence-corrected chi connectivity index (χ2v) is 11.0. The number of nitrogens with zero attached hydrogens (tertiary/aromatic N) is 4. The monoisotopic (exact) mass is 547 g/mol. The summed E-state index contributed by atoms with van der Waals surface area (Å²) in [6.45, 7) is 8.37. The molecule has 1 aromatic carbocycles. The Bertz CT molecular complexity index is 1180. The Kier molecular flexibility index (Phi) is 7.91. The summed E-state index contributed by atoms with van der Waals surface area (Å²) >= 11 is 0. The number of urea groups is 1. The molecule has 212 valence electrons. The highest BCUT2D eigenvalue weighted by Crippen LogP contribution is 2.35. The molecule has 0 aliphatic carbocycles. The molecule has 0 bridgehead atoms. The third-order valence-corrected chi connectivity index (χ3v) is 7.92. The van der Waals surface area contributed by atoms with E-state index in [9.17, 15) is 23.1 Å². The van der Waals surface area contributed by atoms with Crippen molar-refractivity contribution >= 4 is 23.4 Å². The second-order valence-electron chi connectivity index (χ2n) is 11.0. The third-order valence-electron chi connectivity index (χ3n) is 7.92. The molecule has 4 heterocycles. The predicted molar refractivity (Wildman–Crippen MR) is 144 cm³/mol. The molecule has 2 N–H and O–H groups in total. The molecule has 3 aliphatic rings. The van der Waals surface area contributed by atoms with Gasteiger partial charge >= 0.3 is 12.2 Å². The smallest absolute Gasteiger partial charge is 0.389 e. The van der Waals surface area contributed by atoms with E-state index >= 15 is 0 Å². The molecular weight excluding hydrogens is 511 g/mol. The number of nitrogens with one attached hydrogen (secondary N) is 1. The third kappa shape index (κ3) is 6.58. The van der Waals surface area contributed by atoms with E-state index in [2.05, 4.69) is 15.1 Å². The summed E-state index contributed by atoms with van der Waals surface area (Å²) < 4.78 is 43.9. The first-order chi connectivity index (χ1) is 18.6. The summed E-state index contributed by atoms with van der Waals surface area (Å²) in [6.07, 6.45) is -5.16. The number of β-amino-alcohol motifs (C(OH)–C–C–N with tert-alkyl or cyclic N) is 1. The van der Waals surface area contributed by atoms with Crippen LogP contribution in [0.4, 0.5) is 35.3 Å². The van der Waals surface area contributed by atoms with Crippen LogP contribution < -0.4 is 15.1 Å². The van der Waals surface area contributed by atoms with Gasteiger partial charge in [0.15, 0.2) is 0 Å². The molecule has 3 saturated heterocycles. The fourth-order valence-electron chi connectivity index (χ4n) is 5.63. The summed E-state index contributed by atoms with van der Waals surface area (Å²) in [4.78, 5) is 23.6. The Morgan fingerprint density at radius 1 is 1.08 bits per heavy atom. The van der Waals surface area contributed by atoms with Gasteiger partial charge in [-0.2, -0.15) is 13.2 Å². The number of carbonyl (C=O) groups excluding carboxylic acids is 1. The van der Waals surface area contributed by atoms with Crippen molar-refractivity contribution in [1.82, 2.24) is 9.88 Å². The number of pyridine rings is 1. The maximum Gasteiger partial charge on any atom is 0.389 e. The van der Waals surface area contributed by atoms with Crippen molar-refractivity contribution in [2.45, 2.75) is 39.0 Å². The van der Waals surface area contributed by atoms with E-state index in [-0.39, 0.29) is 18.5 Å². The molecule has 0 unspecified atom stereocenters. The fraction of sp³-hybridized carbons (Fsp3) is 0.571. The topological polar surface area (TPSA) is 81.2 Å². The molecule has 0 spiro atoms. The number of likely N-dealkylation sites (tertiary alicyclic amines) is 1. The van der Waals surface area contributed by atoms with Crippen molar-refractivity contribution < 1.29 is 27.8 Å². The van der Waals surface area contributed by atoms with Crippen LogP contribution in [0.3, 0.4) is 0 Å². The Morgan fingerprint density at radius 2 is 1.79 bits per heavy atom. The van der Waals surface area contributed by atoms with Gasteiger partial charge in [-0.15, -0.1) is 0 Å². The number of aryl methyl sites for hydroxylation is 1. The zero-order valence-electron chi connectivity index (χ0n) is 22.4. The number of aliphatic hydroxyl groups is 1. The number of hydrogen-bond acceptors (Lipinski definition) is 6. The van der Waals surface area contributed by atoms with Crippen molar-refractivity contribution in [2.24, 2.45) is 11.8 Å². The standard InChI is InChI=1S/C28H36F3N5O3/c1-18-3-4-22(32-27(38)35-6-5-20(16-35)14-28(29,30)31)13-23(18)21-11-25(34-7-9-39-10-8-34)33-26(12-21)36-15-19(2)24(37)17-36/h3-4,11-13,19-20,24,37H,5-10,14-17H2,1-2H3,(H,32,38)/t19-,20-,24-/m0/s1. The SMILES string of the molecule is Cc1ccc(NC(=O)N2CC[C@@H](CC(F)(F)F)C2)cc1-c1cc(N2CCOCC2)nc(N2C[C@H](C)[C@@H](O)C2)c1. The maximum absolute atomic E-state index is 12.9. The van der Waals surface area contributed by atoms with Gasteiger partial charge in [-0.25, -0.2) is 9.78 Å². The van der Waals surface area contributed by atoms with E-state index in [1.807, 2.05) is 44.2 Å². The lowest BCUT2D eigenvalue weighted by molar-refractivity contribution is -0.143. The number of morpholine rings is 1. The molecule has 8 nitrogen and oxygen atoms in total. The number of benzene rings is 1. The largest absolute Gasteiger partial charge is 0.391 e. The molecular formula is C28H36F3N5O3. The van der Waals surface area contributed by atoms with Gasteiger partial charge in [0.2, 0.25) is 0 Å². The number of anilines is 3. The van der Waals surface area contributed by atoms with Gasteiger partial charge in [0.1, 0.15) is 11.6 Å². The van der Waals surface area contributed by atoms with Gasteiger partial charge in [0, 0.05) is 57.3 Å². The molecule has 0 radical (unpaired) electrons. The maximum atomic E-state index is 12.9. The second kappa shape index (κ2) is 11.2. The summed E-state index contributed by atoms with van der Waals surface area (Å²) in [5.41, 5.74) is 3.46. The van der Waals surface area contributed by atoms with E-state index in [4.69, 9.17) is 9.72 Å². The van der Waals surface area contributed by atoms with Crippen LogP contribution in [-0.2, 0) is 4.74 Å². The lowest BCUT2D eigenvalue weighted by Crippen LogP contribution is -2.37. The van der Waals surface area contributed by atoms with Gasteiger partial charge in [0.25, 0.3) is 0 Å². The van der Waals surface area contributed by atoms with E-state index in [0.717, 1.165) is 41.4 Å². The first-order valence-electron chi connectivity index (χ1n) is 13.6. The number of alkyl halides is 3. The molecule has 3 fully saturated rings. The van der Waals surface area contributed by atoms with Crippen molar-refractivity contribution in [3.63, 3.8) is 0 Å². The Balaban J connectivity index is 1.39. The average Bonchev–Trinajstić information content (AvgIpc) is 3.50. The van der Waals surface area contributed by atoms with E-state index in [1.165, 1.54) is 4.90 Å². The molecule has 2 aromatic rings. The van der Waals surface area contributed by atoms with Crippen LogP contribution in [0, 0.1) is 18.8 Å². The normalized spacial score (nSPS) is 23.9. The van der Waals surface area contributed by atoms with Gasteiger partial charge in [0.05, 0.1) is 19.3 Å². The van der Waals surface area contributed by atoms with E-state index in [0.29, 0.717) is 45.0 Å². The Hall–Kier alpha value is -3.05. The quantitative estimate of drug-likeness (QED) is 0.573. The predicted octanol–water partition coefficient (Wildman–Crippen LogP) is 4.52. The number of ether oxygens (including phenoxy) is 1. The number of amides is 2. The average molecular weight is 548 g/mol. The van der Waals surface area contributed by atoms with Crippen LogP contribution in [0.5, 0.6) is 0 Å². The molecule has 11 heteroatoms. The van der Waals surface area contributed by atoms with Crippen molar-refractivity contribution in [1.29, 1.82) is 0 Å². The number of halogens is 3. The Labute approximate surface area is 226 Å². The number of rotatable bonds is 5. The Morgan fingerprint density at radius 3 is 2.46 bits per heavy atom. The molecule has 3 aliphatic heterocycles. The van der Waals surface area contributed by atoms with Crippen LogP contribution in [0.15, 0.2) is 30.3 Å². The molecule has 1 aromatic heterocycles. The van der Waals surface area contributed by atoms with Crippen molar-refractivity contribution in [2.75, 3.05) is 67.6 Å². The number of aliphatic hydroxyl groups excluding tert-OH is 1. The molecule has 3 atom stereocenters. The summed E-state index contributed by atoms with van der Waals surface area (Å²) in [7, 11) is 0.